The molecule has 0 spiro atoms. The van der Waals surface area contributed by atoms with Gasteiger partial charge in [-0.25, -0.2) is 18.4 Å². The van der Waals surface area contributed by atoms with Crippen LogP contribution in [0.25, 0.3) is 0 Å². The van der Waals surface area contributed by atoms with Gasteiger partial charge in [0.15, 0.2) is 9.84 Å². The fourth-order valence-corrected chi connectivity index (χ4v) is 3.34. The number of rotatable bonds is 6. The van der Waals surface area contributed by atoms with E-state index < -0.39 is 9.84 Å². The van der Waals surface area contributed by atoms with Crippen LogP contribution in [0.4, 0.5) is 5.95 Å². The third-order valence-corrected chi connectivity index (χ3v) is 5.13. The fourth-order valence-electron chi connectivity index (χ4n) is 2.51. The van der Waals surface area contributed by atoms with Crippen LogP contribution in [0, 0.1) is 5.41 Å². The van der Waals surface area contributed by atoms with Crippen LogP contribution in [0.15, 0.2) is 11.1 Å². The molecule has 130 valence electrons. The van der Waals surface area contributed by atoms with Gasteiger partial charge in [0.2, 0.25) is 5.95 Å². The van der Waals surface area contributed by atoms with Gasteiger partial charge < -0.3 is 15.7 Å². The summed E-state index contributed by atoms with van der Waals surface area (Å²) in [6, 6.07) is 0. The Morgan fingerprint density at radius 3 is 2.78 bits per heavy atom. The molecule has 0 radical (unpaired) electrons. The Morgan fingerprint density at radius 1 is 1.48 bits per heavy atom. The zero-order valence-electron chi connectivity index (χ0n) is 14.0. The van der Waals surface area contributed by atoms with Crippen LogP contribution in [0.3, 0.4) is 0 Å². The van der Waals surface area contributed by atoms with Gasteiger partial charge in [-0.3, -0.25) is 0 Å². The Labute approximate surface area is 137 Å². The van der Waals surface area contributed by atoms with E-state index in [1.54, 1.807) is 0 Å². The van der Waals surface area contributed by atoms with Crippen molar-refractivity contribution in [3.8, 4) is 0 Å². The largest absolute Gasteiger partial charge is 0.396 e. The topological polar surface area (TPSA) is 104 Å². The number of sulfone groups is 1. The first-order chi connectivity index (χ1) is 10.7. The molecular formula is C15H26N4O3S. The Hall–Kier alpha value is -1.25. The second kappa shape index (κ2) is 7.11. The van der Waals surface area contributed by atoms with E-state index in [1.165, 1.54) is 12.5 Å². The van der Waals surface area contributed by atoms with Gasteiger partial charge in [-0.2, -0.15) is 0 Å². The first kappa shape index (κ1) is 18.1. The first-order valence-corrected chi connectivity index (χ1v) is 9.74. The summed E-state index contributed by atoms with van der Waals surface area (Å²) in [7, 11) is -3.37. The Kier molecular flexibility index (Phi) is 5.59. The molecule has 7 nitrogen and oxygen atoms in total. The zero-order valence-corrected chi connectivity index (χ0v) is 14.8. The Balaban J connectivity index is 2.29. The highest BCUT2D eigenvalue weighted by Crippen LogP contribution is 2.28. The van der Waals surface area contributed by atoms with Crippen LogP contribution in [-0.4, -0.2) is 56.0 Å². The van der Waals surface area contributed by atoms with E-state index >= 15 is 0 Å². The number of aliphatic hydroxyl groups is 1. The normalized spacial score (nSPS) is 19.6. The number of piperidine rings is 1. The average molecular weight is 342 g/mol. The monoisotopic (exact) mass is 342 g/mol. The van der Waals surface area contributed by atoms with E-state index in [0.29, 0.717) is 18.2 Å². The molecule has 1 aromatic rings. The van der Waals surface area contributed by atoms with Crippen LogP contribution in [-0.2, 0) is 9.84 Å². The molecule has 1 saturated heterocycles. The maximum atomic E-state index is 12.0. The summed E-state index contributed by atoms with van der Waals surface area (Å²) >= 11 is 0. The van der Waals surface area contributed by atoms with Crippen LogP contribution in [0.2, 0.25) is 0 Å². The van der Waals surface area contributed by atoms with Gasteiger partial charge in [-0.1, -0.05) is 13.8 Å². The molecular weight excluding hydrogens is 316 g/mol. The Bertz CT molecular complexity index is 640. The van der Waals surface area contributed by atoms with Gasteiger partial charge in [-0.15, -0.1) is 0 Å². The van der Waals surface area contributed by atoms with Gasteiger partial charge in [0, 0.05) is 37.3 Å². The lowest BCUT2D eigenvalue weighted by Crippen LogP contribution is -2.31. The van der Waals surface area contributed by atoms with Gasteiger partial charge in [0.1, 0.15) is 4.90 Å². The lowest BCUT2D eigenvalue weighted by atomic mass is 9.95. The molecule has 3 N–H and O–H groups in total. The van der Waals surface area contributed by atoms with Gasteiger partial charge in [-0.05, 0) is 19.4 Å². The minimum Gasteiger partial charge on any atom is -0.396 e. The molecule has 0 saturated carbocycles. The van der Waals surface area contributed by atoms with Crippen molar-refractivity contribution in [1.29, 1.82) is 0 Å². The van der Waals surface area contributed by atoms with Crippen molar-refractivity contribution in [2.45, 2.75) is 37.5 Å². The van der Waals surface area contributed by atoms with E-state index in [4.69, 9.17) is 0 Å². The molecule has 1 fully saturated rings. The number of hydrogen-bond donors (Lipinski definition) is 3. The molecule has 23 heavy (non-hydrogen) atoms. The minimum atomic E-state index is -3.37. The summed E-state index contributed by atoms with van der Waals surface area (Å²) in [6.45, 7) is 6.07. The molecule has 0 aromatic carbocycles. The highest BCUT2D eigenvalue weighted by atomic mass is 32.2. The third-order valence-electron chi connectivity index (χ3n) is 4.02. The highest BCUT2D eigenvalue weighted by Gasteiger charge is 2.25. The summed E-state index contributed by atoms with van der Waals surface area (Å²) in [6.07, 6.45) is 4.49. The summed E-state index contributed by atoms with van der Waals surface area (Å²) < 4.78 is 24.0. The number of nitrogens with one attached hydrogen (secondary N) is 2. The summed E-state index contributed by atoms with van der Waals surface area (Å²) in [5, 5.41) is 15.7. The molecule has 1 atom stereocenters. The maximum Gasteiger partial charge on any atom is 0.222 e. The molecule has 1 aromatic heterocycles. The highest BCUT2D eigenvalue weighted by molar-refractivity contribution is 7.90. The lowest BCUT2D eigenvalue weighted by Gasteiger charge is -2.25. The van der Waals surface area contributed by atoms with Crippen molar-refractivity contribution in [2.75, 3.05) is 37.8 Å². The summed E-state index contributed by atoms with van der Waals surface area (Å²) in [4.78, 5) is 8.82. The average Bonchev–Trinajstić information content (AvgIpc) is 2.53. The SMILES string of the molecule is CC(C)(CO)CNc1ncc(S(C)(=O)=O)c([C@H]2CCCNC2)n1. The van der Waals surface area contributed by atoms with Crippen LogP contribution in [0.5, 0.6) is 0 Å². The maximum absolute atomic E-state index is 12.0. The minimum absolute atomic E-state index is 0.0425. The molecule has 8 heteroatoms. The smallest absolute Gasteiger partial charge is 0.222 e. The van der Waals surface area contributed by atoms with Crippen molar-refractivity contribution >= 4 is 15.8 Å². The fraction of sp³-hybridized carbons (Fsp3) is 0.733. The van der Waals surface area contributed by atoms with Gasteiger partial charge in [0.25, 0.3) is 0 Å². The summed E-state index contributed by atoms with van der Waals surface area (Å²) in [5.74, 6) is 0.474. The van der Waals surface area contributed by atoms with Crippen molar-refractivity contribution < 1.29 is 13.5 Å². The molecule has 2 heterocycles. The number of nitrogens with zero attached hydrogens (tertiary/aromatic N) is 2. The molecule has 1 aliphatic rings. The van der Waals surface area contributed by atoms with Gasteiger partial charge >= 0.3 is 0 Å². The standard InChI is InChI=1S/C15H26N4O3S/c1-15(2,10-20)9-18-14-17-8-12(23(3,21)22)13(19-14)11-5-4-6-16-7-11/h8,11,16,20H,4-7,9-10H2,1-3H3,(H,17,18,19)/t11-/m0/s1. The van der Waals surface area contributed by atoms with Crippen molar-refractivity contribution in [3.63, 3.8) is 0 Å². The van der Waals surface area contributed by atoms with E-state index in [9.17, 15) is 13.5 Å². The predicted molar refractivity (Wildman–Crippen MR) is 89.3 cm³/mol. The molecule has 0 unspecified atom stereocenters. The summed E-state index contributed by atoms with van der Waals surface area (Å²) in [5.41, 5.74) is 0.282. The molecule has 2 rings (SSSR count). The number of anilines is 1. The number of hydrogen-bond acceptors (Lipinski definition) is 7. The quantitative estimate of drug-likeness (QED) is 0.701. The number of aliphatic hydroxyl groups excluding tert-OH is 1. The number of aromatic nitrogens is 2. The molecule has 0 amide bonds. The van der Waals surface area contributed by atoms with E-state index in [0.717, 1.165) is 25.9 Å². The van der Waals surface area contributed by atoms with Crippen molar-refractivity contribution in [1.82, 2.24) is 15.3 Å². The molecule has 1 aliphatic heterocycles. The van der Waals surface area contributed by atoms with Crippen LogP contribution < -0.4 is 10.6 Å². The van der Waals surface area contributed by atoms with Crippen molar-refractivity contribution in [2.24, 2.45) is 5.41 Å². The predicted octanol–water partition coefficient (Wildman–Crippen LogP) is 0.777. The molecule has 0 aliphatic carbocycles. The second-order valence-electron chi connectivity index (χ2n) is 6.93. The van der Waals surface area contributed by atoms with Crippen molar-refractivity contribution in [3.05, 3.63) is 11.9 Å². The van der Waals surface area contributed by atoms with Crippen LogP contribution >= 0.6 is 0 Å². The van der Waals surface area contributed by atoms with Gasteiger partial charge in [0.05, 0.1) is 11.9 Å². The van der Waals surface area contributed by atoms with Crippen LogP contribution in [0.1, 0.15) is 38.3 Å². The Morgan fingerprint density at radius 2 is 2.22 bits per heavy atom. The first-order valence-electron chi connectivity index (χ1n) is 7.85. The van der Waals surface area contributed by atoms with E-state index in [1.807, 2.05) is 13.8 Å². The molecule has 0 bridgehead atoms. The van der Waals surface area contributed by atoms with E-state index in [-0.39, 0.29) is 22.8 Å². The van der Waals surface area contributed by atoms with E-state index in [2.05, 4.69) is 20.6 Å². The lowest BCUT2D eigenvalue weighted by molar-refractivity contribution is 0.170. The third kappa shape index (κ3) is 4.86. The zero-order chi connectivity index (χ0) is 17.1. The second-order valence-corrected chi connectivity index (χ2v) is 8.92.